The van der Waals surface area contributed by atoms with E-state index in [1.165, 1.54) is 36.2 Å². The fraction of sp³-hybridized carbons (Fsp3) is 0.294. The molecule has 0 bridgehead atoms. The van der Waals surface area contributed by atoms with Crippen LogP contribution in [-0.4, -0.2) is 50.7 Å². The van der Waals surface area contributed by atoms with Crippen LogP contribution in [-0.2, 0) is 16.1 Å². The summed E-state index contributed by atoms with van der Waals surface area (Å²) in [5.41, 5.74) is 1.58. The Morgan fingerprint density at radius 1 is 0.977 bits per heavy atom. The van der Waals surface area contributed by atoms with Gasteiger partial charge in [0, 0.05) is 45.4 Å². The summed E-state index contributed by atoms with van der Waals surface area (Å²) in [6, 6.07) is 15.1. The fourth-order valence-corrected chi connectivity index (χ4v) is 5.39. The number of hydrogen-bond donors (Lipinski definition) is 2. The molecule has 4 aromatic rings. The molecule has 1 saturated heterocycles. The zero-order valence-electron chi connectivity index (χ0n) is 25.5. The number of rotatable bonds is 7. The molecule has 2 amide bonds. The molecule has 2 N–H and O–H groups in total. The van der Waals surface area contributed by atoms with Crippen molar-refractivity contribution in [3.63, 3.8) is 0 Å². The number of hydrogen-bond acceptors (Lipinski definition) is 4. The van der Waals surface area contributed by atoms with E-state index in [-0.39, 0.29) is 35.0 Å². The molecule has 44 heavy (non-hydrogen) atoms. The zero-order chi connectivity index (χ0) is 32.6. The number of anilines is 1. The van der Waals surface area contributed by atoms with Crippen molar-refractivity contribution in [3.8, 4) is 11.1 Å². The predicted octanol–water partition coefficient (Wildman–Crippen LogP) is 7.68. The van der Waals surface area contributed by atoms with Crippen LogP contribution in [0.5, 0.6) is 0 Å². The second-order valence-corrected chi connectivity index (χ2v) is 10.1. The van der Waals surface area contributed by atoms with E-state index >= 15 is 4.39 Å². The van der Waals surface area contributed by atoms with E-state index in [1.807, 2.05) is 27.7 Å². The van der Waals surface area contributed by atoms with Gasteiger partial charge in [-0.15, -0.1) is 0 Å². The van der Waals surface area contributed by atoms with E-state index in [2.05, 4.69) is 5.32 Å². The van der Waals surface area contributed by atoms with Crippen molar-refractivity contribution in [2.75, 3.05) is 11.9 Å². The summed E-state index contributed by atoms with van der Waals surface area (Å²) in [6.45, 7) is 9.56. The van der Waals surface area contributed by atoms with Crippen LogP contribution < -0.4 is 5.32 Å². The van der Waals surface area contributed by atoms with E-state index < -0.39 is 23.7 Å². The fourth-order valence-electron chi connectivity index (χ4n) is 5.15. The van der Waals surface area contributed by atoms with Crippen LogP contribution in [0.4, 0.5) is 10.1 Å². The van der Waals surface area contributed by atoms with Crippen molar-refractivity contribution in [2.45, 2.75) is 60.0 Å². The summed E-state index contributed by atoms with van der Waals surface area (Å²) in [6.07, 6.45) is 2.53. The average Bonchev–Trinajstić information content (AvgIpc) is 3.66. The Balaban J connectivity index is 0.00000127. The molecule has 8 nitrogen and oxygen atoms in total. The molecule has 0 saturated carbocycles. The first-order valence-corrected chi connectivity index (χ1v) is 15.0. The van der Waals surface area contributed by atoms with E-state index in [1.54, 1.807) is 47.0 Å². The van der Waals surface area contributed by atoms with Gasteiger partial charge in [-0.3, -0.25) is 14.4 Å². The number of carbonyl (C=O) groups is 4. The molecule has 0 aliphatic carbocycles. The lowest BCUT2D eigenvalue weighted by molar-refractivity contribution is -0.137. The molecule has 1 aliphatic rings. The van der Waals surface area contributed by atoms with Crippen LogP contribution in [0.15, 0.2) is 66.9 Å². The Morgan fingerprint density at radius 2 is 1.66 bits per heavy atom. The molecule has 10 heteroatoms. The quantitative estimate of drug-likeness (QED) is 0.206. The Morgan fingerprint density at radius 3 is 2.32 bits per heavy atom. The highest BCUT2D eigenvalue weighted by atomic mass is 35.5. The van der Waals surface area contributed by atoms with E-state index in [9.17, 15) is 24.3 Å². The summed E-state index contributed by atoms with van der Waals surface area (Å²) in [5.74, 6) is -2.87. The second-order valence-electron chi connectivity index (χ2n) is 9.65. The van der Waals surface area contributed by atoms with Gasteiger partial charge in [-0.25, -0.2) is 9.18 Å². The number of aromatic nitrogens is 1. The number of fused-ring (bicyclic) bond motifs is 1. The van der Waals surface area contributed by atoms with Crippen LogP contribution in [0.25, 0.3) is 22.0 Å². The normalized spacial score (nSPS) is 13.8. The van der Waals surface area contributed by atoms with Crippen molar-refractivity contribution >= 4 is 51.8 Å². The van der Waals surface area contributed by atoms with Gasteiger partial charge in [0.2, 0.25) is 11.8 Å². The number of Topliss-reactive ketones (excluding diaryl/α,β-unsaturated/α-hetero) is 1. The van der Waals surface area contributed by atoms with Crippen LogP contribution in [0.2, 0.25) is 5.02 Å². The smallest absolute Gasteiger partial charge is 0.335 e. The summed E-state index contributed by atoms with van der Waals surface area (Å²) in [7, 11) is 0. The van der Waals surface area contributed by atoms with Crippen molar-refractivity contribution in [1.29, 1.82) is 0 Å². The molecule has 1 unspecified atom stereocenters. The van der Waals surface area contributed by atoms with Gasteiger partial charge < -0.3 is 19.9 Å². The largest absolute Gasteiger partial charge is 0.478 e. The van der Waals surface area contributed by atoms with Gasteiger partial charge in [-0.1, -0.05) is 69.6 Å². The molecule has 1 aliphatic heterocycles. The highest BCUT2D eigenvalue weighted by Gasteiger charge is 2.35. The average molecular weight is 622 g/mol. The number of likely N-dealkylation sites (tertiary alicyclic amines) is 1. The Hall–Kier alpha value is -4.50. The first kappa shape index (κ1) is 34.0. The van der Waals surface area contributed by atoms with Gasteiger partial charge in [0.15, 0.2) is 11.6 Å². The van der Waals surface area contributed by atoms with Gasteiger partial charge in [0.1, 0.15) is 12.6 Å². The Bertz CT molecular complexity index is 1680. The van der Waals surface area contributed by atoms with Crippen molar-refractivity contribution < 1.29 is 28.7 Å². The maximum absolute atomic E-state index is 15.4. The maximum atomic E-state index is 15.4. The van der Waals surface area contributed by atoms with Gasteiger partial charge >= 0.3 is 5.97 Å². The highest BCUT2D eigenvalue weighted by molar-refractivity contribution is 6.33. The monoisotopic (exact) mass is 621 g/mol. The molecule has 232 valence electrons. The standard InChI is InChI=1S/C30H25ClFN3O5.2C2H6/c1-17(36)22-15-34(25-12-11-18(30(39)40)14-21(22)25)16-27(37)35-13-5-10-26(35)29(38)33-24-9-4-7-20(28(24)32)19-6-2-3-8-23(19)31;2*1-2/h2-4,6-9,11-12,14-15,26H,5,10,13,16H2,1H3,(H,33,38)(H,39,40);2*1-2H3. The molecule has 1 aromatic heterocycles. The number of carbonyl (C=O) groups excluding carboxylic acids is 3. The molecule has 3 aromatic carbocycles. The number of amides is 2. The van der Waals surface area contributed by atoms with Crippen LogP contribution in [0.1, 0.15) is 68.2 Å². The SMILES string of the molecule is CC.CC.CC(=O)c1cn(CC(=O)N2CCCC2C(=O)Nc2cccc(-c3ccccc3Cl)c2F)c2ccc(C(=O)O)cc12. The van der Waals surface area contributed by atoms with Crippen molar-refractivity contribution in [2.24, 2.45) is 0 Å². The number of halogens is 2. The molecule has 1 fully saturated rings. The lowest BCUT2D eigenvalue weighted by Gasteiger charge is -2.24. The van der Waals surface area contributed by atoms with E-state index in [0.29, 0.717) is 46.4 Å². The molecule has 0 radical (unpaired) electrons. The van der Waals surface area contributed by atoms with Crippen molar-refractivity contribution in [1.82, 2.24) is 9.47 Å². The van der Waals surface area contributed by atoms with E-state index in [0.717, 1.165) is 0 Å². The van der Waals surface area contributed by atoms with Gasteiger partial charge in [-0.05, 0) is 50.1 Å². The highest BCUT2D eigenvalue weighted by Crippen LogP contribution is 2.33. The molecule has 1 atom stereocenters. The molecule has 0 spiro atoms. The van der Waals surface area contributed by atoms with Gasteiger partial charge in [0.05, 0.1) is 11.3 Å². The van der Waals surface area contributed by atoms with Crippen LogP contribution in [0.3, 0.4) is 0 Å². The molecule has 2 heterocycles. The number of aromatic carboxylic acids is 1. The number of carboxylic acid groups (broad SMARTS) is 1. The van der Waals surface area contributed by atoms with Crippen LogP contribution in [0, 0.1) is 5.82 Å². The third-order valence-corrected chi connectivity index (χ3v) is 7.44. The Kier molecular flexibility index (Phi) is 11.8. The summed E-state index contributed by atoms with van der Waals surface area (Å²) in [4.78, 5) is 51.7. The lowest BCUT2D eigenvalue weighted by Crippen LogP contribution is -2.44. The molecule has 5 rings (SSSR count). The van der Waals surface area contributed by atoms with Gasteiger partial charge in [-0.2, -0.15) is 0 Å². The lowest BCUT2D eigenvalue weighted by atomic mass is 10.0. The minimum absolute atomic E-state index is 0.0153. The third kappa shape index (κ3) is 7.17. The minimum Gasteiger partial charge on any atom is -0.478 e. The number of nitrogens with one attached hydrogen (secondary N) is 1. The van der Waals surface area contributed by atoms with Crippen molar-refractivity contribution in [3.05, 3.63) is 88.8 Å². The predicted molar refractivity (Wildman–Crippen MR) is 172 cm³/mol. The number of nitrogens with zero attached hydrogens (tertiary/aromatic N) is 2. The first-order valence-electron chi connectivity index (χ1n) is 14.7. The van der Waals surface area contributed by atoms with Gasteiger partial charge in [0.25, 0.3) is 0 Å². The molecular weight excluding hydrogens is 585 g/mol. The summed E-state index contributed by atoms with van der Waals surface area (Å²) in [5, 5.41) is 12.8. The maximum Gasteiger partial charge on any atom is 0.335 e. The van der Waals surface area contributed by atoms with E-state index in [4.69, 9.17) is 11.6 Å². The third-order valence-electron chi connectivity index (χ3n) is 7.11. The second kappa shape index (κ2) is 15.3. The first-order chi connectivity index (χ1) is 21.2. The number of ketones is 1. The topological polar surface area (TPSA) is 109 Å². The Labute approximate surface area is 261 Å². The minimum atomic E-state index is -1.13. The van der Waals surface area contributed by atoms with Crippen LogP contribution >= 0.6 is 11.6 Å². The number of carboxylic acids is 1. The summed E-state index contributed by atoms with van der Waals surface area (Å²) < 4.78 is 17.0. The number of benzene rings is 3. The zero-order valence-corrected chi connectivity index (χ0v) is 26.2. The molecular formula is C34H37ClFN3O5. The summed E-state index contributed by atoms with van der Waals surface area (Å²) >= 11 is 6.24.